The Hall–Kier alpha value is 1.13. The second-order valence-corrected chi connectivity index (χ2v) is 1.34. The van der Waals surface area contributed by atoms with E-state index in [1.165, 1.54) is 0 Å². The van der Waals surface area contributed by atoms with Crippen molar-refractivity contribution in [2.75, 3.05) is 0 Å². The summed E-state index contributed by atoms with van der Waals surface area (Å²) >= 11 is 0. The summed E-state index contributed by atoms with van der Waals surface area (Å²) < 4.78 is 31.6. The van der Waals surface area contributed by atoms with Gasteiger partial charge in [-0.05, 0) is 0 Å². The van der Waals surface area contributed by atoms with E-state index in [2.05, 4.69) is 0 Å². The van der Waals surface area contributed by atoms with Crippen molar-refractivity contribution in [3.8, 4) is 0 Å². The molecule has 0 aromatic heterocycles. The maximum absolute atomic E-state index is 8.74. The molecule has 0 spiro atoms. The van der Waals surface area contributed by atoms with Gasteiger partial charge in [0.05, 0.1) is 0 Å². The standard InChI is InChI=1S/Ca.H2O4S.2H/c;1-5(2,3)4;;/h;(H2,1,2,3,4);;/q+2;;2*-1. The molecule has 0 saturated carbocycles. The van der Waals surface area contributed by atoms with Gasteiger partial charge in [0.15, 0.2) is 0 Å². The Morgan fingerprint density at radius 1 is 1.33 bits per heavy atom. The molecule has 0 atom stereocenters. The minimum atomic E-state index is -4.67. The van der Waals surface area contributed by atoms with Gasteiger partial charge in [0.25, 0.3) is 0 Å². The molecule has 0 unspecified atom stereocenters. The van der Waals surface area contributed by atoms with Crippen LogP contribution in [0.2, 0.25) is 0 Å². The second kappa shape index (κ2) is 3.17. The Kier molecular flexibility index (Phi) is 5.38. The first-order chi connectivity index (χ1) is 2.00. The van der Waals surface area contributed by atoms with Crippen molar-refractivity contribution in [1.29, 1.82) is 0 Å². The zero-order valence-corrected chi connectivity index (χ0v) is 5.85. The van der Waals surface area contributed by atoms with Gasteiger partial charge in [-0.3, -0.25) is 9.11 Å². The maximum atomic E-state index is 8.74. The molecule has 0 aromatic rings. The fourth-order valence-electron chi connectivity index (χ4n) is 0. The first kappa shape index (κ1) is 10.2. The van der Waals surface area contributed by atoms with Crippen molar-refractivity contribution in [2.45, 2.75) is 0 Å². The average Bonchev–Trinajstić information content (AvgIpc) is 0.722. The molecule has 0 aliphatic rings. The second-order valence-electron chi connectivity index (χ2n) is 0.448. The normalized spacial score (nSPS) is 9.67. The quantitative estimate of drug-likeness (QED) is 0.341. The van der Waals surface area contributed by atoms with E-state index in [1.807, 2.05) is 0 Å². The fraction of sp³-hybridized carbons (Fsp3) is 0. The van der Waals surface area contributed by atoms with Crippen LogP contribution < -0.4 is 0 Å². The fourth-order valence-corrected chi connectivity index (χ4v) is 0. The predicted octanol–water partition coefficient (Wildman–Crippen LogP) is -0.809. The maximum Gasteiger partial charge on any atom is 2.00 e. The first-order valence-electron chi connectivity index (χ1n) is 0.698. The van der Waals surface area contributed by atoms with Gasteiger partial charge in [-0.1, -0.05) is 0 Å². The molecule has 0 heterocycles. The topological polar surface area (TPSA) is 74.6 Å². The van der Waals surface area contributed by atoms with Gasteiger partial charge in [0, 0.05) is 0 Å². The summed E-state index contributed by atoms with van der Waals surface area (Å²) in [4.78, 5) is 0. The molecule has 0 aliphatic carbocycles. The predicted molar refractivity (Wildman–Crippen MR) is 22.2 cm³/mol. The van der Waals surface area contributed by atoms with Crippen LogP contribution in [0.5, 0.6) is 0 Å². The van der Waals surface area contributed by atoms with Crippen LogP contribution in [-0.4, -0.2) is 55.3 Å². The van der Waals surface area contributed by atoms with Gasteiger partial charge in [0.1, 0.15) is 0 Å². The Labute approximate surface area is 68.1 Å². The Morgan fingerprint density at radius 3 is 1.33 bits per heavy atom. The molecule has 0 radical (unpaired) electrons. The summed E-state index contributed by atoms with van der Waals surface area (Å²) in [6, 6.07) is 0. The minimum Gasteiger partial charge on any atom is -1.00 e. The minimum absolute atomic E-state index is 0. The third-order valence-electron chi connectivity index (χ3n) is 0. The summed E-state index contributed by atoms with van der Waals surface area (Å²) in [6.07, 6.45) is 0. The summed E-state index contributed by atoms with van der Waals surface area (Å²) in [5, 5.41) is 0. The molecule has 0 fully saturated rings. The summed E-state index contributed by atoms with van der Waals surface area (Å²) in [7, 11) is -4.67. The van der Waals surface area contributed by atoms with E-state index in [0.29, 0.717) is 0 Å². The van der Waals surface area contributed by atoms with E-state index in [4.69, 9.17) is 17.5 Å². The first-order valence-corrected chi connectivity index (χ1v) is 2.10. The van der Waals surface area contributed by atoms with Crippen molar-refractivity contribution in [3.63, 3.8) is 0 Å². The van der Waals surface area contributed by atoms with E-state index in [-0.39, 0.29) is 40.6 Å². The summed E-state index contributed by atoms with van der Waals surface area (Å²) in [5.41, 5.74) is 0. The molecule has 0 aliphatic heterocycles. The molecule has 2 N–H and O–H groups in total. The Morgan fingerprint density at radius 2 is 1.33 bits per heavy atom. The molecule has 0 saturated heterocycles. The van der Waals surface area contributed by atoms with Gasteiger partial charge in [-0.25, -0.2) is 0 Å². The van der Waals surface area contributed by atoms with Gasteiger partial charge in [-0.15, -0.1) is 0 Å². The van der Waals surface area contributed by atoms with Crippen molar-refractivity contribution in [1.82, 2.24) is 0 Å². The molecular formula is H4CaO4S. The van der Waals surface area contributed by atoms with Crippen LogP contribution >= 0.6 is 0 Å². The van der Waals surface area contributed by atoms with Crippen molar-refractivity contribution < 1.29 is 20.4 Å². The molecule has 0 amide bonds. The van der Waals surface area contributed by atoms with Crippen LogP contribution in [0.25, 0.3) is 0 Å². The van der Waals surface area contributed by atoms with Crippen LogP contribution in [0, 0.1) is 0 Å². The zero-order valence-electron chi connectivity index (χ0n) is 4.83. The molecular weight excluding hydrogens is 136 g/mol. The van der Waals surface area contributed by atoms with E-state index in [0.717, 1.165) is 0 Å². The van der Waals surface area contributed by atoms with Crippen LogP contribution in [-0.2, 0) is 10.4 Å². The van der Waals surface area contributed by atoms with Gasteiger partial charge in [-0.2, -0.15) is 8.42 Å². The van der Waals surface area contributed by atoms with E-state index in [1.54, 1.807) is 0 Å². The summed E-state index contributed by atoms with van der Waals surface area (Å²) in [6.45, 7) is 0. The molecule has 6 heteroatoms. The van der Waals surface area contributed by atoms with Crippen molar-refractivity contribution in [3.05, 3.63) is 0 Å². The van der Waals surface area contributed by atoms with Crippen LogP contribution in [0.3, 0.4) is 0 Å². The average molecular weight is 140 g/mol. The Bertz CT molecular complexity index is 97.2. The molecule has 36 valence electrons. The van der Waals surface area contributed by atoms with E-state index < -0.39 is 10.4 Å². The number of hydrogen-bond donors (Lipinski definition) is 2. The van der Waals surface area contributed by atoms with Crippen LogP contribution in [0.4, 0.5) is 0 Å². The molecule has 0 bridgehead atoms. The van der Waals surface area contributed by atoms with Gasteiger partial charge >= 0.3 is 48.1 Å². The van der Waals surface area contributed by atoms with Crippen molar-refractivity contribution >= 4 is 48.1 Å². The van der Waals surface area contributed by atoms with Gasteiger partial charge in [0.2, 0.25) is 0 Å². The number of rotatable bonds is 0. The van der Waals surface area contributed by atoms with E-state index >= 15 is 0 Å². The molecule has 0 rings (SSSR count). The van der Waals surface area contributed by atoms with Crippen molar-refractivity contribution in [2.24, 2.45) is 0 Å². The van der Waals surface area contributed by atoms with Crippen LogP contribution in [0.1, 0.15) is 2.85 Å². The smallest absolute Gasteiger partial charge is 1.00 e. The zero-order chi connectivity index (χ0) is 4.50. The third-order valence-corrected chi connectivity index (χ3v) is 0. The van der Waals surface area contributed by atoms with Crippen LogP contribution in [0.15, 0.2) is 0 Å². The van der Waals surface area contributed by atoms with Gasteiger partial charge < -0.3 is 2.85 Å². The molecule has 0 aromatic carbocycles. The molecule has 6 heavy (non-hydrogen) atoms. The summed E-state index contributed by atoms with van der Waals surface area (Å²) in [5.74, 6) is 0. The number of hydrogen-bond acceptors (Lipinski definition) is 2. The largest absolute Gasteiger partial charge is 2.00 e. The SMILES string of the molecule is O=S(=O)(O)O.[Ca+2].[H-].[H-]. The molecule has 4 nitrogen and oxygen atoms in total. The Balaban J connectivity index is -0.0000000267. The monoisotopic (exact) mass is 140 g/mol. The third kappa shape index (κ3) is 68.5. The van der Waals surface area contributed by atoms with E-state index in [9.17, 15) is 0 Å².